The number of amides is 2. The third-order valence-corrected chi connectivity index (χ3v) is 5.82. The van der Waals surface area contributed by atoms with Crippen LogP contribution in [0.5, 0.6) is 0 Å². The van der Waals surface area contributed by atoms with Crippen molar-refractivity contribution in [3.63, 3.8) is 0 Å². The second kappa shape index (κ2) is 9.40. The van der Waals surface area contributed by atoms with Crippen molar-refractivity contribution < 1.29 is 9.59 Å². The first-order chi connectivity index (χ1) is 15.5. The van der Waals surface area contributed by atoms with Crippen LogP contribution in [0.4, 0.5) is 5.13 Å². The summed E-state index contributed by atoms with van der Waals surface area (Å²) in [5.41, 5.74) is 2.48. The first kappa shape index (κ1) is 21.2. The van der Waals surface area contributed by atoms with E-state index in [0.29, 0.717) is 33.5 Å². The average molecular weight is 445 g/mol. The average Bonchev–Trinajstić information content (AvgIpc) is 3.18. The number of rotatable bonds is 6. The molecule has 0 unspecified atom stereocenters. The minimum absolute atomic E-state index is 0.152. The molecule has 0 aliphatic heterocycles. The van der Waals surface area contributed by atoms with Crippen LogP contribution in [0.15, 0.2) is 83.8 Å². The second-order valence-corrected chi connectivity index (χ2v) is 8.01. The number of hydrogen-bond donors (Lipinski definition) is 2. The summed E-state index contributed by atoms with van der Waals surface area (Å²) in [5, 5.41) is 5.96. The Labute approximate surface area is 188 Å². The predicted octanol–water partition coefficient (Wildman–Crippen LogP) is 3.78. The number of nitrogens with zero attached hydrogens (tertiary/aromatic N) is 2. The van der Waals surface area contributed by atoms with E-state index in [2.05, 4.69) is 15.6 Å². The molecule has 0 aliphatic rings. The molecular weight excluding hydrogens is 424 g/mol. The van der Waals surface area contributed by atoms with Crippen molar-refractivity contribution in [1.29, 1.82) is 0 Å². The molecule has 160 valence electrons. The van der Waals surface area contributed by atoms with E-state index in [1.165, 1.54) is 10.6 Å². The van der Waals surface area contributed by atoms with Crippen molar-refractivity contribution in [3.8, 4) is 5.69 Å². The van der Waals surface area contributed by atoms with Gasteiger partial charge in [-0.25, -0.2) is 4.98 Å². The van der Waals surface area contributed by atoms with Crippen molar-refractivity contribution in [1.82, 2.24) is 14.9 Å². The maximum absolute atomic E-state index is 12.6. The Morgan fingerprint density at radius 3 is 2.38 bits per heavy atom. The lowest BCUT2D eigenvalue weighted by atomic mass is 10.2. The molecule has 8 heteroatoms. The number of carbonyl (C=O) groups is 2. The van der Waals surface area contributed by atoms with Crippen molar-refractivity contribution in [2.75, 3.05) is 5.32 Å². The number of anilines is 1. The standard InChI is InChI=1S/C24H20N4O3S/c1-16-21(23(31)25-15-17-7-3-2-4-8-17)32-24(26-16)27-22(30)18-10-12-19(13-11-18)28-14-6-5-9-20(28)29/h2-14H,15H2,1H3,(H,25,31)(H,26,27,30). The van der Waals surface area contributed by atoms with Crippen LogP contribution in [-0.4, -0.2) is 21.4 Å². The molecule has 0 saturated carbocycles. The first-order valence-electron chi connectivity index (χ1n) is 9.90. The smallest absolute Gasteiger partial charge is 0.263 e. The van der Waals surface area contributed by atoms with Crippen LogP contribution in [-0.2, 0) is 6.54 Å². The summed E-state index contributed by atoms with van der Waals surface area (Å²) in [5.74, 6) is -0.580. The van der Waals surface area contributed by atoms with E-state index in [-0.39, 0.29) is 17.4 Å². The largest absolute Gasteiger partial charge is 0.347 e. The van der Waals surface area contributed by atoms with Gasteiger partial charge in [-0.1, -0.05) is 47.7 Å². The molecule has 0 spiro atoms. The van der Waals surface area contributed by atoms with Crippen LogP contribution in [0.25, 0.3) is 5.69 Å². The molecule has 0 atom stereocenters. The van der Waals surface area contributed by atoms with Crippen molar-refractivity contribution in [3.05, 3.63) is 111 Å². The topological polar surface area (TPSA) is 93.1 Å². The van der Waals surface area contributed by atoms with E-state index in [4.69, 9.17) is 0 Å². The van der Waals surface area contributed by atoms with Gasteiger partial charge in [-0.2, -0.15) is 0 Å². The molecule has 2 N–H and O–H groups in total. The molecule has 0 saturated heterocycles. The van der Waals surface area contributed by atoms with Gasteiger partial charge in [0.2, 0.25) is 0 Å². The molecule has 4 aromatic rings. The maximum Gasteiger partial charge on any atom is 0.263 e. The monoisotopic (exact) mass is 444 g/mol. The molecule has 0 radical (unpaired) electrons. The fourth-order valence-electron chi connectivity index (χ4n) is 3.10. The van der Waals surface area contributed by atoms with Gasteiger partial charge in [0.25, 0.3) is 17.4 Å². The van der Waals surface area contributed by atoms with E-state index >= 15 is 0 Å². The first-order valence-corrected chi connectivity index (χ1v) is 10.7. The Kier molecular flexibility index (Phi) is 6.23. The molecule has 7 nitrogen and oxygen atoms in total. The van der Waals surface area contributed by atoms with Crippen LogP contribution < -0.4 is 16.2 Å². The third kappa shape index (κ3) is 4.81. The lowest BCUT2D eigenvalue weighted by Crippen LogP contribution is -2.22. The summed E-state index contributed by atoms with van der Waals surface area (Å²) in [4.78, 5) is 41.8. The summed E-state index contributed by atoms with van der Waals surface area (Å²) in [6.45, 7) is 2.14. The molecule has 2 aromatic heterocycles. The van der Waals surface area contributed by atoms with Crippen molar-refractivity contribution in [2.24, 2.45) is 0 Å². The van der Waals surface area contributed by atoms with E-state index in [1.54, 1.807) is 49.5 Å². The fourth-order valence-corrected chi connectivity index (χ4v) is 3.98. The van der Waals surface area contributed by atoms with E-state index in [9.17, 15) is 14.4 Å². The maximum atomic E-state index is 12.6. The minimum Gasteiger partial charge on any atom is -0.347 e. The van der Waals surface area contributed by atoms with Gasteiger partial charge in [0, 0.05) is 30.1 Å². The lowest BCUT2D eigenvalue weighted by molar-refractivity contribution is 0.0953. The molecule has 4 rings (SSSR count). The Morgan fingerprint density at radius 2 is 1.66 bits per heavy atom. The number of carbonyl (C=O) groups excluding carboxylic acids is 2. The van der Waals surface area contributed by atoms with Gasteiger partial charge in [-0.05, 0) is 42.8 Å². The van der Waals surface area contributed by atoms with Gasteiger partial charge in [0.05, 0.1) is 5.69 Å². The molecular formula is C24H20N4O3S. The Balaban J connectivity index is 1.42. The van der Waals surface area contributed by atoms with Crippen LogP contribution in [0.3, 0.4) is 0 Å². The number of nitrogens with one attached hydrogen (secondary N) is 2. The van der Waals surface area contributed by atoms with E-state index in [0.717, 1.165) is 16.9 Å². The predicted molar refractivity (Wildman–Crippen MR) is 124 cm³/mol. The molecule has 0 fully saturated rings. The van der Waals surface area contributed by atoms with Gasteiger partial charge in [0.1, 0.15) is 4.88 Å². The van der Waals surface area contributed by atoms with Crippen LogP contribution in [0, 0.1) is 6.92 Å². The fraction of sp³-hybridized carbons (Fsp3) is 0.0833. The van der Waals surface area contributed by atoms with E-state index < -0.39 is 0 Å². The Morgan fingerprint density at radius 1 is 0.938 bits per heavy atom. The number of aryl methyl sites for hydroxylation is 1. The van der Waals surface area contributed by atoms with Crippen LogP contribution in [0.1, 0.15) is 31.3 Å². The van der Waals surface area contributed by atoms with Crippen LogP contribution in [0.2, 0.25) is 0 Å². The number of thiazole rings is 1. The summed E-state index contributed by atoms with van der Waals surface area (Å²) in [6.07, 6.45) is 1.67. The lowest BCUT2D eigenvalue weighted by Gasteiger charge is -2.06. The van der Waals surface area contributed by atoms with Gasteiger partial charge in [-0.15, -0.1) is 0 Å². The van der Waals surface area contributed by atoms with Gasteiger partial charge in [0.15, 0.2) is 5.13 Å². The highest BCUT2D eigenvalue weighted by Gasteiger charge is 2.17. The molecule has 0 bridgehead atoms. The number of aromatic nitrogens is 2. The van der Waals surface area contributed by atoms with E-state index in [1.807, 2.05) is 30.3 Å². The van der Waals surface area contributed by atoms with Crippen molar-refractivity contribution in [2.45, 2.75) is 13.5 Å². The van der Waals surface area contributed by atoms with Gasteiger partial charge >= 0.3 is 0 Å². The molecule has 2 aromatic carbocycles. The highest BCUT2D eigenvalue weighted by Crippen LogP contribution is 2.23. The van der Waals surface area contributed by atoms with Gasteiger partial charge < -0.3 is 5.32 Å². The summed E-state index contributed by atoms with van der Waals surface area (Å²) < 4.78 is 1.49. The van der Waals surface area contributed by atoms with Gasteiger partial charge in [-0.3, -0.25) is 24.3 Å². The molecule has 0 aliphatic carbocycles. The van der Waals surface area contributed by atoms with Crippen LogP contribution >= 0.6 is 11.3 Å². The third-order valence-electron chi connectivity index (χ3n) is 4.75. The quantitative estimate of drug-likeness (QED) is 0.473. The number of benzene rings is 2. The number of pyridine rings is 1. The second-order valence-electron chi connectivity index (χ2n) is 7.01. The molecule has 2 amide bonds. The highest BCUT2D eigenvalue weighted by molar-refractivity contribution is 7.17. The number of hydrogen-bond acceptors (Lipinski definition) is 5. The summed E-state index contributed by atoms with van der Waals surface area (Å²) in [6, 6.07) is 21.2. The summed E-state index contributed by atoms with van der Waals surface area (Å²) >= 11 is 1.13. The SMILES string of the molecule is Cc1nc(NC(=O)c2ccc(-n3ccccc3=O)cc2)sc1C(=O)NCc1ccccc1. The zero-order chi connectivity index (χ0) is 22.5. The summed E-state index contributed by atoms with van der Waals surface area (Å²) in [7, 11) is 0. The van der Waals surface area contributed by atoms with Crippen molar-refractivity contribution >= 4 is 28.3 Å². The highest BCUT2D eigenvalue weighted by atomic mass is 32.1. The molecule has 2 heterocycles. The normalized spacial score (nSPS) is 10.5. The zero-order valence-electron chi connectivity index (χ0n) is 17.2. The Bertz CT molecular complexity index is 1310. The zero-order valence-corrected chi connectivity index (χ0v) is 18.1. The minimum atomic E-state index is -0.345. The Hall–Kier alpha value is -4.04. The molecule has 32 heavy (non-hydrogen) atoms.